The van der Waals surface area contributed by atoms with Gasteiger partial charge in [0, 0.05) is 12.4 Å². The van der Waals surface area contributed by atoms with Crippen molar-refractivity contribution in [2.75, 3.05) is 12.4 Å². The lowest BCUT2D eigenvalue weighted by Crippen LogP contribution is -2.38. The molecule has 0 bridgehead atoms. The molecule has 17 heavy (non-hydrogen) atoms. The molecule has 1 aliphatic carbocycles. The predicted molar refractivity (Wildman–Crippen MR) is 64.7 cm³/mol. The van der Waals surface area contributed by atoms with Crippen molar-refractivity contribution in [3.05, 3.63) is 35.1 Å². The van der Waals surface area contributed by atoms with Crippen LogP contribution >= 0.6 is 11.6 Å². The lowest BCUT2D eigenvalue weighted by Gasteiger charge is -2.14. The SMILES string of the molecule is O=C(NCCCl)NC1CCc2c(F)cccc21. The molecule has 2 amide bonds. The Kier molecular flexibility index (Phi) is 3.84. The maximum atomic E-state index is 13.5. The highest BCUT2D eigenvalue weighted by molar-refractivity contribution is 6.18. The first-order chi connectivity index (χ1) is 8.22. The zero-order chi connectivity index (χ0) is 12.3. The van der Waals surface area contributed by atoms with Gasteiger partial charge >= 0.3 is 6.03 Å². The van der Waals surface area contributed by atoms with Crippen LogP contribution in [-0.4, -0.2) is 18.5 Å². The van der Waals surface area contributed by atoms with E-state index < -0.39 is 0 Å². The second kappa shape index (κ2) is 5.36. The standard InChI is InChI=1S/C12H14ClFN2O/c13-6-7-15-12(17)16-11-5-4-8-9(11)2-1-3-10(8)14/h1-3,11H,4-7H2,(H2,15,16,17). The summed E-state index contributed by atoms with van der Waals surface area (Å²) >= 11 is 5.47. The molecule has 1 unspecified atom stereocenters. The van der Waals surface area contributed by atoms with Gasteiger partial charge in [-0.2, -0.15) is 0 Å². The topological polar surface area (TPSA) is 41.1 Å². The zero-order valence-corrected chi connectivity index (χ0v) is 10.1. The average Bonchev–Trinajstić information content (AvgIpc) is 2.71. The Bertz CT molecular complexity index is 425. The lowest BCUT2D eigenvalue weighted by atomic mass is 10.1. The second-order valence-electron chi connectivity index (χ2n) is 3.99. The smallest absolute Gasteiger partial charge is 0.315 e. The van der Waals surface area contributed by atoms with Crippen molar-refractivity contribution >= 4 is 17.6 Å². The third-order valence-corrected chi connectivity index (χ3v) is 3.09. The van der Waals surface area contributed by atoms with Crippen molar-refractivity contribution in [3.8, 4) is 0 Å². The molecule has 1 aromatic carbocycles. The van der Waals surface area contributed by atoms with Gasteiger partial charge in [-0.3, -0.25) is 0 Å². The van der Waals surface area contributed by atoms with E-state index in [1.165, 1.54) is 6.07 Å². The van der Waals surface area contributed by atoms with E-state index in [0.717, 1.165) is 17.5 Å². The number of urea groups is 1. The number of halogens is 2. The monoisotopic (exact) mass is 256 g/mol. The van der Waals surface area contributed by atoms with Crippen LogP contribution in [0.2, 0.25) is 0 Å². The van der Waals surface area contributed by atoms with Gasteiger partial charge in [-0.1, -0.05) is 12.1 Å². The van der Waals surface area contributed by atoms with Gasteiger partial charge in [-0.05, 0) is 30.0 Å². The normalized spacial score (nSPS) is 17.6. The summed E-state index contributed by atoms with van der Waals surface area (Å²) in [5.74, 6) is 0.191. The highest BCUT2D eigenvalue weighted by atomic mass is 35.5. The molecule has 0 radical (unpaired) electrons. The van der Waals surface area contributed by atoms with Crippen LogP contribution in [0, 0.1) is 5.82 Å². The van der Waals surface area contributed by atoms with E-state index in [-0.39, 0.29) is 17.9 Å². The van der Waals surface area contributed by atoms with Crippen molar-refractivity contribution in [3.63, 3.8) is 0 Å². The molecule has 0 aromatic heterocycles. The number of rotatable bonds is 3. The molecule has 0 heterocycles. The van der Waals surface area contributed by atoms with E-state index in [4.69, 9.17) is 11.6 Å². The van der Waals surface area contributed by atoms with Gasteiger partial charge in [0.15, 0.2) is 0 Å². The molecule has 92 valence electrons. The summed E-state index contributed by atoms with van der Waals surface area (Å²) in [4.78, 5) is 11.5. The quantitative estimate of drug-likeness (QED) is 0.801. The molecule has 5 heteroatoms. The van der Waals surface area contributed by atoms with Gasteiger partial charge < -0.3 is 10.6 Å². The number of alkyl halides is 1. The molecule has 3 nitrogen and oxygen atoms in total. The van der Waals surface area contributed by atoms with Crippen molar-refractivity contribution in [1.82, 2.24) is 10.6 Å². The predicted octanol–water partition coefficient (Wildman–Crippen LogP) is 2.35. The Balaban J connectivity index is 2.02. The number of hydrogen-bond donors (Lipinski definition) is 2. The molecule has 1 aliphatic rings. The average molecular weight is 257 g/mol. The Morgan fingerprint density at radius 3 is 3.12 bits per heavy atom. The lowest BCUT2D eigenvalue weighted by molar-refractivity contribution is 0.237. The van der Waals surface area contributed by atoms with Gasteiger partial charge in [-0.15, -0.1) is 11.6 Å². The summed E-state index contributed by atoms with van der Waals surface area (Å²) in [6, 6.07) is 4.63. The van der Waals surface area contributed by atoms with Gasteiger partial charge in [0.05, 0.1) is 6.04 Å². The minimum Gasteiger partial charge on any atom is -0.337 e. The van der Waals surface area contributed by atoms with Crippen molar-refractivity contribution in [2.45, 2.75) is 18.9 Å². The molecule has 0 saturated carbocycles. The van der Waals surface area contributed by atoms with Crippen LogP contribution in [0.25, 0.3) is 0 Å². The maximum absolute atomic E-state index is 13.5. The number of carbonyl (C=O) groups excluding carboxylic acids is 1. The summed E-state index contributed by atoms with van der Waals surface area (Å²) in [5.41, 5.74) is 1.60. The van der Waals surface area contributed by atoms with Crippen LogP contribution in [0.5, 0.6) is 0 Å². The molecule has 0 spiro atoms. The number of fused-ring (bicyclic) bond motifs is 1. The molecular formula is C12H14ClFN2O. The fourth-order valence-electron chi connectivity index (χ4n) is 2.13. The van der Waals surface area contributed by atoms with Gasteiger partial charge in [0.25, 0.3) is 0 Å². The Morgan fingerprint density at radius 1 is 1.53 bits per heavy atom. The fraction of sp³-hybridized carbons (Fsp3) is 0.417. The van der Waals surface area contributed by atoms with E-state index >= 15 is 0 Å². The number of hydrogen-bond acceptors (Lipinski definition) is 1. The minimum atomic E-state index is -0.257. The van der Waals surface area contributed by atoms with Crippen molar-refractivity contribution < 1.29 is 9.18 Å². The molecular weight excluding hydrogens is 243 g/mol. The van der Waals surface area contributed by atoms with E-state index in [9.17, 15) is 9.18 Å². The molecule has 0 fully saturated rings. The fourth-order valence-corrected chi connectivity index (χ4v) is 2.22. The van der Waals surface area contributed by atoms with Crippen molar-refractivity contribution in [2.24, 2.45) is 0 Å². The molecule has 2 rings (SSSR count). The molecule has 0 aliphatic heterocycles. The first-order valence-corrected chi connectivity index (χ1v) is 6.13. The van der Waals surface area contributed by atoms with Gasteiger partial charge in [0.1, 0.15) is 5.82 Å². The van der Waals surface area contributed by atoms with Crippen LogP contribution < -0.4 is 10.6 Å². The van der Waals surface area contributed by atoms with E-state index in [1.807, 2.05) is 6.07 Å². The Morgan fingerprint density at radius 2 is 2.35 bits per heavy atom. The molecule has 1 atom stereocenters. The number of amides is 2. The summed E-state index contributed by atoms with van der Waals surface area (Å²) in [6.07, 6.45) is 1.41. The third kappa shape index (κ3) is 2.69. The van der Waals surface area contributed by atoms with Gasteiger partial charge in [-0.25, -0.2) is 9.18 Å². The van der Waals surface area contributed by atoms with Crippen LogP contribution in [0.1, 0.15) is 23.6 Å². The summed E-state index contributed by atoms with van der Waals surface area (Å²) < 4.78 is 13.5. The Labute approximate surface area is 104 Å². The van der Waals surface area contributed by atoms with Gasteiger partial charge in [0.2, 0.25) is 0 Å². The highest BCUT2D eigenvalue weighted by Gasteiger charge is 2.25. The summed E-state index contributed by atoms with van der Waals surface area (Å²) in [5, 5.41) is 5.45. The minimum absolute atomic E-state index is 0.101. The first-order valence-electron chi connectivity index (χ1n) is 5.60. The van der Waals surface area contributed by atoms with Crippen LogP contribution in [0.3, 0.4) is 0 Å². The summed E-state index contributed by atoms with van der Waals surface area (Å²) in [6.45, 7) is 0.427. The molecule has 2 N–H and O–H groups in total. The first kappa shape index (κ1) is 12.2. The van der Waals surface area contributed by atoms with Crippen LogP contribution in [0.4, 0.5) is 9.18 Å². The summed E-state index contributed by atoms with van der Waals surface area (Å²) in [7, 11) is 0. The number of carbonyl (C=O) groups is 1. The molecule has 1 aromatic rings. The molecule has 0 saturated heterocycles. The van der Waals surface area contributed by atoms with Crippen molar-refractivity contribution in [1.29, 1.82) is 0 Å². The third-order valence-electron chi connectivity index (χ3n) is 2.90. The number of benzene rings is 1. The second-order valence-corrected chi connectivity index (χ2v) is 4.37. The van der Waals surface area contributed by atoms with Crippen LogP contribution in [-0.2, 0) is 6.42 Å². The maximum Gasteiger partial charge on any atom is 0.315 e. The Hall–Kier alpha value is -1.29. The van der Waals surface area contributed by atoms with Crippen LogP contribution in [0.15, 0.2) is 18.2 Å². The highest BCUT2D eigenvalue weighted by Crippen LogP contribution is 2.32. The zero-order valence-electron chi connectivity index (χ0n) is 9.30. The van der Waals surface area contributed by atoms with E-state index in [0.29, 0.717) is 18.8 Å². The largest absolute Gasteiger partial charge is 0.337 e. The number of nitrogens with one attached hydrogen (secondary N) is 2. The van der Waals surface area contributed by atoms with E-state index in [2.05, 4.69) is 10.6 Å². The van der Waals surface area contributed by atoms with E-state index in [1.54, 1.807) is 6.07 Å².